The summed E-state index contributed by atoms with van der Waals surface area (Å²) >= 11 is 1.92. The molecule has 0 aliphatic heterocycles. The van der Waals surface area contributed by atoms with Crippen LogP contribution < -0.4 is 0 Å². The maximum absolute atomic E-state index is 2.42. The Labute approximate surface area is 164 Å². The van der Waals surface area contributed by atoms with Gasteiger partial charge in [0.1, 0.15) is 0 Å². The van der Waals surface area contributed by atoms with E-state index in [0.29, 0.717) is 0 Å². The molecule has 4 aromatic carbocycles. The molecule has 0 atom stereocenters. The maximum Gasteiger partial charge on any atom is 0.00516 e. The summed E-state index contributed by atoms with van der Waals surface area (Å²) in [4.78, 5) is 1.52. The molecule has 0 radical (unpaired) electrons. The molecule has 0 unspecified atom stereocenters. The average molecular weight is 369 g/mol. The van der Waals surface area contributed by atoms with Gasteiger partial charge in [-0.3, -0.25) is 0 Å². The summed E-state index contributed by atoms with van der Waals surface area (Å²) in [6.07, 6.45) is 6.54. The smallest absolute Gasteiger partial charge is 0.00516 e. The highest BCUT2D eigenvalue weighted by Gasteiger charge is 2.12. The number of benzene rings is 4. The van der Waals surface area contributed by atoms with E-state index in [9.17, 15) is 0 Å². The van der Waals surface area contributed by atoms with Gasteiger partial charge >= 0.3 is 0 Å². The molecule has 0 fully saturated rings. The summed E-state index contributed by atoms with van der Waals surface area (Å²) < 4.78 is 0. The van der Waals surface area contributed by atoms with Gasteiger partial charge in [-0.15, -0.1) is 11.3 Å². The number of hydrogen-bond acceptors (Lipinski definition) is 1. The lowest BCUT2D eigenvalue weighted by atomic mass is 9.90. The van der Waals surface area contributed by atoms with Crippen LogP contribution in [0.15, 0.2) is 66.0 Å². The Morgan fingerprint density at radius 2 is 1.48 bits per heavy atom. The standard InChI is InChI=1S/C26H24S/c1-2-3-4-5-9-22-16-21(17-27-22)23-14-12-20-11-10-18-7-6-8-19-13-15-24(23)26(20)25(18)19/h6-8,10-17H,2-5,9H2,1H3. The Morgan fingerprint density at radius 1 is 0.741 bits per heavy atom. The minimum Gasteiger partial charge on any atom is -0.148 e. The van der Waals surface area contributed by atoms with Crippen molar-refractivity contribution in [1.82, 2.24) is 0 Å². The third-order valence-electron chi connectivity index (χ3n) is 5.77. The minimum absolute atomic E-state index is 1.22. The summed E-state index contributed by atoms with van der Waals surface area (Å²) in [5.41, 5.74) is 2.75. The second-order valence-electron chi connectivity index (χ2n) is 7.58. The van der Waals surface area contributed by atoms with Crippen LogP contribution in [0, 0.1) is 0 Å². The van der Waals surface area contributed by atoms with Crippen LogP contribution in [-0.4, -0.2) is 0 Å². The Bertz CT molecular complexity index is 1200. The van der Waals surface area contributed by atoms with Gasteiger partial charge in [-0.2, -0.15) is 0 Å². The van der Waals surface area contributed by atoms with Crippen molar-refractivity contribution in [2.45, 2.75) is 39.0 Å². The Balaban J connectivity index is 1.61. The average Bonchev–Trinajstić information content (AvgIpc) is 3.18. The quantitative estimate of drug-likeness (QED) is 0.208. The van der Waals surface area contributed by atoms with E-state index in [4.69, 9.17) is 0 Å². The van der Waals surface area contributed by atoms with E-state index in [1.54, 1.807) is 0 Å². The maximum atomic E-state index is 2.42. The Morgan fingerprint density at radius 3 is 2.30 bits per heavy atom. The van der Waals surface area contributed by atoms with Gasteiger partial charge in [-0.05, 0) is 67.7 Å². The van der Waals surface area contributed by atoms with Crippen molar-refractivity contribution < 1.29 is 0 Å². The molecule has 0 bridgehead atoms. The molecule has 1 aromatic heterocycles. The fourth-order valence-electron chi connectivity index (χ4n) is 4.37. The number of unbranched alkanes of at least 4 members (excludes halogenated alkanes) is 3. The first-order valence-electron chi connectivity index (χ1n) is 10.1. The highest BCUT2D eigenvalue weighted by Crippen LogP contribution is 2.40. The number of thiophene rings is 1. The van der Waals surface area contributed by atoms with Gasteiger partial charge in [0.2, 0.25) is 0 Å². The third kappa shape index (κ3) is 2.91. The zero-order valence-corrected chi connectivity index (χ0v) is 16.6. The molecule has 0 saturated heterocycles. The number of rotatable bonds is 6. The van der Waals surface area contributed by atoms with Gasteiger partial charge in [-0.25, -0.2) is 0 Å². The van der Waals surface area contributed by atoms with E-state index in [-0.39, 0.29) is 0 Å². The van der Waals surface area contributed by atoms with Crippen LogP contribution in [0.4, 0.5) is 0 Å². The van der Waals surface area contributed by atoms with Gasteiger partial charge < -0.3 is 0 Å². The molecular formula is C26H24S. The van der Waals surface area contributed by atoms with Crippen LogP contribution in [0.5, 0.6) is 0 Å². The van der Waals surface area contributed by atoms with Crippen molar-refractivity contribution >= 4 is 43.7 Å². The van der Waals surface area contributed by atoms with Crippen LogP contribution in [0.1, 0.15) is 37.5 Å². The highest BCUT2D eigenvalue weighted by molar-refractivity contribution is 7.10. The molecule has 27 heavy (non-hydrogen) atoms. The summed E-state index contributed by atoms with van der Waals surface area (Å²) in [5.74, 6) is 0. The molecule has 0 nitrogen and oxygen atoms in total. The first-order valence-corrected chi connectivity index (χ1v) is 11.0. The molecule has 134 valence electrons. The number of hydrogen-bond donors (Lipinski definition) is 0. The van der Waals surface area contributed by atoms with Gasteiger partial charge in [0.05, 0.1) is 0 Å². The van der Waals surface area contributed by atoms with Crippen molar-refractivity contribution in [2.24, 2.45) is 0 Å². The zero-order chi connectivity index (χ0) is 18.2. The van der Waals surface area contributed by atoms with Crippen molar-refractivity contribution in [3.63, 3.8) is 0 Å². The minimum atomic E-state index is 1.22. The summed E-state index contributed by atoms with van der Waals surface area (Å²) in [7, 11) is 0. The fourth-order valence-corrected chi connectivity index (χ4v) is 5.30. The van der Waals surface area contributed by atoms with Crippen LogP contribution in [0.3, 0.4) is 0 Å². The summed E-state index contributed by atoms with van der Waals surface area (Å²) in [5, 5.41) is 10.6. The van der Waals surface area contributed by atoms with Crippen molar-refractivity contribution in [1.29, 1.82) is 0 Å². The van der Waals surface area contributed by atoms with Gasteiger partial charge in [0, 0.05) is 4.88 Å². The zero-order valence-electron chi connectivity index (χ0n) is 15.8. The van der Waals surface area contributed by atoms with Crippen molar-refractivity contribution in [2.75, 3.05) is 0 Å². The molecule has 0 aliphatic rings. The van der Waals surface area contributed by atoms with E-state index < -0.39 is 0 Å². The van der Waals surface area contributed by atoms with E-state index >= 15 is 0 Å². The molecule has 0 spiro atoms. The van der Waals surface area contributed by atoms with Crippen molar-refractivity contribution in [3.8, 4) is 11.1 Å². The predicted molar refractivity (Wildman–Crippen MR) is 121 cm³/mol. The SMILES string of the molecule is CCCCCCc1cc(-c2ccc3ccc4cccc5ccc2c3c45)cs1. The lowest BCUT2D eigenvalue weighted by Crippen LogP contribution is -1.86. The lowest BCUT2D eigenvalue weighted by molar-refractivity contribution is 0.670. The summed E-state index contributed by atoms with van der Waals surface area (Å²) in [6, 6.07) is 22.8. The Kier molecular flexibility index (Phi) is 4.33. The van der Waals surface area contributed by atoms with E-state index in [2.05, 4.69) is 73.0 Å². The molecule has 5 aromatic rings. The van der Waals surface area contributed by atoms with E-state index in [1.807, 2.05) is 11.3 Å². The molecule has 5 rings (SSSR count). The second-order valence-corrected chi connectivity index (χ2v) is 8.58. The van der Waals surface area contributed by atoms with Gasteiger partial charge in [0.25, 0.3) is 0 Å². The monoisotopic (exact) mass is 368 g/mol. The van der Waals surface area contributed by atoms with Crippen LogP contribution in [0.2, 0.25) is 0 Å². The summed E-state index contributed by atoms with van der Waals surface area (Å²) in [6.45, 7) is 2.27. The molecule has 0 amide bonds. The van der Waals surface area contributed by atoms with Crippen molar-refractivity contribution in [3.05, 3.63) is 70.9 Å². The molecule has 1 heteroatoms. The van der Waals surface area contributed by atoms with E-state index in [1.165, 1.54) is 80.4 Å². The molecule has 1 heterocycles. The predicted octanol–water partition coefficient (Wildman–Crippen LogP) is 8.44. The molecule has 0 N–H and O–H groups in total. The van der Waals surface area contributed by atoms with Gasteiger partial charge in [0.15, 0.2) is 0 Å². The topological polar surface area (TPSA) is 0 Å². The van der Waals surface area contributed by atoms with Gasteiger partial charge in [-0.1, -0.05) is 80.8 Å². The van der Waals surface area contributed by atoms with E-state index in [0.717, 1.165) is 0 Å². The largest absolute Gasteiger partial charge is 0.148 e. The lowest BCUT2D eigenvalue weighted by Gasteiger charge is -2.13. The number of aryl methyl sites for hydroxylation is 1. The van der Waals surface area contributed by atoms with Crippen LogP contribution in [0.25, 0.3) is 43.4 Å². The Hall–Kier alpha value is -2.38. The first-order chi connectivity index (χ1) is 13.3. The fraction of sp³-hybridized carbons (Fsp3) is 0.231. The third-order valence-corrected chi connectivity index (χ3v) is 6.77. The van der Waals surface area contributed by atoms with Crippen LogP contribution >= 0.6 is 11.3 Å². The molecule has 0 aliphatic carbocycles. The molecule has 0 saturated carbocycles. The highest BCUT2D eigenvalue weighted by atomic mass is 32.1. The second kappa shape index (κ2) is 6.98. The molecular weight excluding hydrogens is 344 g/mol. The normalized spacial score (nSPS) is 11.9. The van der Waals surface area contributed by atoms with Crippen LogP contribution in [-0.2, 0) is 6.42 Å². The first kappa shape index (κ1) is 16.8.